The molecule has 114 valence electrons. The van der Waals surface area contributed by atoms with Gasteiger partial charge < -0.3 is 19.6 Å². The van der Waals surface area contributed by atoms with Gasteiger partial charge in [-0.05, 0) is 37.1 Å². The summed E-state index contributed by atoms with van der Waals surface area (Å²) in [6, 6.07) is 8.23. The van der Waals surface area contributed by atoms with Crippen LogP contribution in [0.15, 0.2) is 28.7 Å². The van der Waals surface area contributed by atoms with Crippen LogP contribution in [0.3, 0.4) is 0 Å². The zero-order valence-electron chi connectivity index (χ0n) is 12.7. The molecule has 0 spiro atoms. The first-order valence-corrected chi connectivity index (χ1v) is 7.55. The zero-order chi connectivity index (χ0) is 14.9. The van der Waals surface area contributed by atoms with E-state index in [2.05, 4.69) is 18.3 Å². The Labute approximate surface area is 125 Å². The van der Waals surface area contributed by atoms with Crippen LogP contribution in [-0.2, 0) is 6.54 Å². The minimum atomic E-state index is -0.00473. The Morgan fingerprint density at radius 3 is 3.05 bits per heavy atom. The van der Waals surface area contributed by atoms with Crippen molar-refractivity contribution in [2.24, 2.45) is 5.41 Å². The fourth-order valence-corrected chi connectivity index (χ4v) is 3.28. The molecule has 1 aromatic carbocycles. The van der Waals surface area contributed by atoms with Crippen LogP contribution < -0.4 is 10.1 Å². The quantitative estimate of drug-likeness (QED) is 0.888. The Kier molecular flexibility index (Phi) is 3.91. The number of nitrogens with one attached hydrogen (secondary N) is 1. The lowest BCUT2D eigenvalue weighted by Crippen LogP contribution is -2.41. The summed E-state index contributed by atoms with van der Waals surface area (Å²) in [4.78, 5) is 0. The molecule has 2 aromatic rings. The van der Waals surface area contributed by atoms with E-state index in [1.807, 2.05) is 18.2 Å². The van der Waals surface area contributed by atoms with Gasteiger partial charge in [0.1, 0.15) is 17.1 Å². The lowest BCUT2D eigenvalue weighted by molar-refractivity contribution is 0.117. The molecule has 21 heavy (non-hydrogen) atoms. The van der Waals surface area contributed by atoms with Gasteiger partial charge in [-0.2, -0.15) is 0 Å². The van der Waals surface area contributed by atoms with Gasteiger partial charge in [0.15, 0.2) is 0 Å². The van der Waals surface area contributed by atoms with E-state index in [1.165, 1.54) is 6.42 Å². The van der Waals surface area contributed by atoms with Crippen molar-refractivity contribution in [3.63, 3.8) is 0 Å². The third kappa shape index (κ3) is 2.78. The molecule has 1 heterocycles. The third-order valence-corrected chi connectivity index (χ3v) is 4.74. The average molecular weight is 289 g/mol. The molecule has 0 radical (unpaired) electrons. The van der Waals surface area contributed by atoms with Gasteiger partial charge in [-0.1, -0.05) is 13.3 Å². The van der Waals surface area contributed by atoms with Gasteiger partial charge in [0, 0.05) is 23.4 Å². The highest BCUT2D eigenvalue weighted by molar-refractivity contribution is 5.79. The molecule has 0 bridgehead atoms. The molecule has 4 heteroatoms. The minimum absolute atomic E-state index is 0.00473. The highest BCUT2D eigenvalue weighted by Crippen LogP contribution is 2.37. The summed E-state index contributed by atoms with van der Waals surface area (Å²) in [7, 11) is 1.67. The van der Waals surface area contributed by atoms with Gasteiger partial charge >= 0.3 is 0 Å². The molecular weight excluding hydrogens is 266 g/mol. The van der Waals surface area contributed by atoms with Crippen molar-refractivity contribution >= 4 is 11.0 Å². The smallest absolute Gasteiger partial charge is 0.134 e. The van der Waals surface area contributed by atoms with Gasteiger partial charge in [-0.3, -0.25) is 0 Å². The molecule has 0 saturated heterocycles. The molecule has 1 saturated carbocycles. The summed E-state index contributed by atoms with van der Waals surface area (Å²) >= 11 is 0. The molecule has 1 aliphatic carbocycles. The lowest BCUT2D eigenvalue weighted by Gasteiger charge is -2.30. The van der Waals surface area contributed by atoms with E-state index >= 15 is 0 Å². The SMILES string of the molecule is COc1ccc2oc(CNC3CCCC3(C)CO)cc2c1. The normalized spacial score (nSPS) is 25.6. The first kappa shape index (κ1) is 14.4. The van der Waals surface area contributed by atoms with Crippen LogP contribution in [0, 0.1) is 5.41 Å². The molecule has 1 aliphatic rings. The Bertz CT molecular complexity index is 622. The number of benzene rings is 1. The maximum Gasteiger partial charge on any atom is 0.134 e. The first-order chi connectivity index (χ1) is 10.1. The predicted molar refractivity (Wildman–Crippen MR) is 82.4 cm³/mol. The highest BCUT2D eigenvalue weighted by atomic mass is 16.5. The van der Waals surface area contributed by atoms with Crippen molar-refractivity contribution in [3.8, 4) is 5.75 Å². The van der Waals surface area contributed by atoms with Gasteiger partial charge in [-0.15, -0.1) is 0 Å². The maximum atomic E-state index is 9.59. The Balaban J connectivity index is 1.70. The van der Waals surface area contributed by atoms with E-state index < -0.39 is 0 Å². The average Bonchev–Trinajstić information content (AvgIpc) is 3.07. The fourth-order valence-electron chi connectivity index (χ4n) is 3.28. The Morgan fingerprint density at radius 1 is 1.43 bits per heavy atom. The predicted octanol–water partition coefficient (Wildman–Crippen LogP) is 3.08. The molecule has 2 unspecified atom stereocenters. The summed E-state index contributed by atoms with van der Waals surface area (Å²) in [6.07, 6.45) is 3.37. The zero-order valence-corrected chi connectivity index (χ0v) is 12.7. The summed E-state index contributed by atoms with van der Waals surface area (Å²) < 4.78 is 11.1. The van der Waals surface area contributed by atoms with Crippen molar-refractivity contribution in [3.05, 3.63) is 30.0 Å². The lowest BCUT2D eigenvalue weighted by atomic mass is 9.86. The van der Waals surface area contributed by atoms with Crippen molar-refractivity contribution in [1.29, 1.82) is 0 Å². The minimum Gasteiger partial charge on any atom is -0.497 e. The summed E-state index contributed by atoms with van der Waals surface area (Å²) in [5.41, 5.74) is 0.874. The molecule has 3 rings (SSSR count). The van der Waals surface area contributed by atoms with Crippen LogP contribution >= 0.6 is 0 Å². The Hall–Kier alpha value is -1.52. The van der Waals surface area contributed by atoms with Crippen molar-refractivity contribution in [2.75, 3.05) is 13.7 Å². The fraction of sp³-hybridized carbons (Fsp3) is 0.529. The third-order valence-electron chi connectivity index (χ3n) is 4.74. The number of fused-ring (bicyclic) bond motifs is 1. The van der Waals surface area contributed by atoms with Crippen LogP contribution in [0.25, 0.3) is 11.0 Å². The maximum absolute atomic E-state index is 9.59. The number of hydrogen-bond donors (Lipinski definition) is 2. The number of ether oxygens (including phenoxy) is 1. The molecule has 0 amide bonds. The van der Waals surface area contributed by atoms with E-state index in [0.717, 1.165) is 35.3 Å². The Morgan fingerprint density at radius 2 is 2.29 bits per heavy atom. The molecule has 1 fully saturated rings. The molecule has 2 atom stereocenters. The monoisotopic (exact) mass is 289 g/mol. The number of methoxy groups -OCH3 is 1. The largest absolute Gasteiger partial charge is 0.497 e. The number of aliphatic hydroxyl groups excluding tert-OH is 1. The summed E-state index contributed by atoms with van der Waals surface area (Å²) in [5.74, 6) is 1.76. The van der Waals surface area contributed by atoms with Crippen LogP contribution in [0.1, 0.15) is 31.9 Å². The number of hydrogen-bond acceptors (Lipinski definition) is 4. The van der Waals surface area contributed by atoms with E-state index in [0.29, 0.717) is 12.6 Å². The van der Waals surface area contributed by atoms with E-state index in [4.69, 9.17) is 9.15 Å². The first-order valence-electron chi connectivity index (χ1n) is 7.55. The van der Waals surface area contributed by atoms with Crippen LogP contribution in [0.4, 0.5) is 0 Å². The standard InChI is InChI=1S/C17H23NO3/c1-17(11-19)7-3-4-16(17)18-10-14-9-12-8-13(20-2)5-6-15(12)21-14/h5-6,8-9,16,18-19H,3-4,7,10-11H2,1-2H3. The second kappa shape index (κ2) is 5.70. The van der Waals surface area contributed by atoms with Crippen LogP contribution in [0.5, 0.6) is 5.75 Å². The van der Waals surface area contributed by atoms with Crippen LogP contribution in [0.2, 0.25) is 0 Å². The van der Waals surface area contributed by atoms with Crippen molar-refractivity contribution < 1.29 is 14.3 Å². The molecule has 1 aromatic heterocycles. The van der Waals surface area contributed by atoms with E-state index in [9.17, 15) is 5.11 Å². The summed E-state index contributed by atoms with van der Waals surface area (Å²) in [6.45, 7) is 3.08. The van der Waals surface area contributed by atoms with Gasteiger partial charge in [0.25, 0.3) is 0 Å². The van der Waals surface area contributed by atoms with E-state index in [1.54, 1.807) is 7.11 Å². The highest BCUT2D eigenvalue weighted by Gasteiger charge is 2.37. The second-order valence-electron chi connectivity index (χ2n) is 6.25. The number of furan rings is 1. The topological polar surface area (TPSA) is 54.6 Å². The van der Waals surface area contributed by atoms with Gasteiger partial charge in [-0.25, -0.2) is 0 Å². The van der Waals surface area contributed by atoms with E-state index in [-0.39, 0.29) is 12.0 Å². The van der Waals surface area contributed by atoms with Crippen molar-refractivity contribution in [1.82, 2.24) is 5.32 Å². The van der Waals surface area contributed by atoms with Gasteiger partial charge in [0.05, 0.1) is 13.7 Å². The van der Waals surface area contributed by atoms with Crippen molar-refractivity contribution in [2.45, 2.75) is 38.8 Å². The molecule has 0 aliphatic heterocycles. The molecule has 2 N–H and O–H groups in total. The number of rotatable bonds is 5. The molecule has 4 nitrogen and oxygen atoms in total. The molecular formula is C17H23NO3. The van der Waals surface area contributed by atoms with Crippen LogP contribution in [-0.4, -0.2) is 24.9 Å². The number of aliphatic hydroxyl groups is 1. The second-order valence-corrected chi connectivity index (χ2v) is 6.25. The summed E-state index contributed by atoms with van der Waals surface area (Å²) in [5, 5.41) is 14.2. The van der Waals surface area contributed by atoms with Gasteiger partial charge in [0.2, 0.25) is 0 Å².